The fourth-order valence-corrected chi connectivity index (χ4v) is 5.96. The van der Waals surface area contributed by atoms with Gasteiger partial charge in [0.15, 0.2) is 0 Å². The molecule has 0 amide bonds. The number of carboxylic acids is 4. The van der Waals surface area contributed by atoms with Crippen LogP contribution in [0.4, 0.5) is 0 Å². The van der Waals surface area contributed by atoms with Crippen molar-refractivity contribution in [3.8, 4) is 0 Å². The van der Waals surface area contributed by atoms with Gasteiger partial charge in [-0.25, -0.2) is 0 Å². The molecular formula is C19H31O12P. The SMILES string of the molecule is CCOP(=O)(CC[C@H]1O[C@H](CC(=O)O)[C@@H](CC(=O)O)[C@H](CC(=O)O)[C@H]1CC(=O)O)OCC. The second-order valence-electron chi connectivity index (χ2n) is 7.55. The van der Waals surface area contributed by atoms with Crippen LogP contribution in [-0.4, -0.2) is 75.9 Å². The third kappa shape index (κ3) is 8.85. The highest BCUT2D eigenvalue weighted by Crippen LogP contribution is 2.51. The van der Waals surface area contributed by atoms with E-state index < -0.39 is 87.1 Å². The highest BCUT2D eigenvalue weighted by Gasteiger charge is 2.48. The highest BCUT2D eigenvalue weighted by molar-refractivity contribution is 7.53. The summed E-state index contributed by atoms with van der Waals surface area (Å²) >= 11 is 0. The van der Waals surface area contributed by atoms with Crippen molar-refractivity contribution < 1.29 is 58.0 Å². The number of carboxylic acid groups (broad SMARTS) is 4. The van der Waals surface area contributed by atoms with Gasteiger partial charge in [0.05, 0.1) is 50.8 Å². The molecule has 0 aromatic rings. The molecule has 32 heavy (non-hydrogen) atoms. The van der Waals surface area contributed by atoms with E-state index in [9.17, 15) is 44.2 Å². The summed E-state index contributed by atoms with van der Waals surface area (Å²) in [6.45, 7) is 3.45. The van der Waals surface area contributed by atoms with Gasteiger partial charge in [-0.05, 0) is 38.0 Å². The lowest BCUT2D eigenvalue weighted by Crippen LogP contribution is -2.50. The fraction of sp³-hybridized carbons (Fsp3) is 0.789. The standard InChI is InChI=1S/C19H31O12P/c1-3-29-32(28,30-4-2)6-5-14-12(8-17(22)23)11(7-16(20)21)13(9-18(24)25)15(31-14)10-19(26)27/h11-15H,3-10H2,1-2H3,(H,20,21)(H,22,23)(H,24,25)(H,26,27)/t11-,12-,13+,14-,15-/m1/s1. The molecule has 1 aliphatic heterocycles. The van der Waals surface area contributed by atoms with Gasteiger partial charge in [0.1, 0.15) is 0 Å². The van der Waals surface area contributed by atoms with Crippen molar-refractivity contribution in [2.24, 2.45) is 17.8 Å². The van der Waals surface area contributed by atoms with Gasteiger partial charge in [-0.1, -0.05) is 0 Å². The van der Waals surface area contributed by atoms with E-state index >= 15 is 0 Å². The quantitative estimate of drug-likeness (QED) is 0.249. The largest absolute Gasteiger partial charge is 0.481 e. The third-order valence-electron chi connectivity index (χ3n) is 5.35. The summed E-state index contributed by atoms with van der Waals surface area (Å²) in [4.78, 5) is 45.8. The summed E-state index contributed by atoms with van der Waals surface area (Å²) in [5, 5.41) is 37.3. The van der Waals surface area contributed by atoms with Crippen molar-refractivity contribution in [3.05, 3.63) is 0 Å². The van der Waals surface area contributed by atoms with Crippen molar-refractivity contribution in [1.82, 2.24) is 0 Å². The van der Waals surface area contributed by atoms with E-state index in [0.717, 1.165) is 0 Å². The number of aliphatic carboxylic acids is 4. The van der Waals surface area contributed by atoms with E-state index in [1.54, 1.807) is 13.8 Å². The smallest absolute Gasteiger partial charge is 0.330 e. The molecule has 0 aromatic heterocycles. The molecule has 184 valence electrons. The van der Waals surface area contributed by atoms with Crippen LogP contribution in [0.15, 0.2) is 0 Å². The van der Waals surface area contributed by atoms with Gasteiger partial charge in [0, 0.05) is 6.42 Å². The molecule has 4 N–H and O–H groups in total. The van der Waals surface area contributed by atoms with Gasteiger partial charge < -0.3 is 34.2 Å². The van der Waals surface area contributed by atoms with Crippen LogP contribution >= 0.6 is 7.60 Å². The second-order valence-corrected chi connectivity index (χ2v) is 9.74. The van der Waals surface area contributed by atoms with Gasteiger partial charge in [0.25, 0.3) is 0 Å². The van der Waals surface area contributed by atoms with Gasteiger partial charge in [-0.15, -0.1) is 0 Å². The van der Waals surface area contributed by atoms with Gasteiger partial charge >= 0.3 is 31.5 Å². The molecule has 1 aliphatic rings. The first-order chi connectivity index (χ1) is 14.9. The summed E-state index contributed by atoms with van der Waals surface area (Å²) in [5.74, 6) is -8.01. The molecule has 1 rings (SSSR count). The number of rotatable bonds is 15. The zero-order valence-corrected chi connectivity index (χ0v) is 18.9. The Kier molecular flexibility index (Phi) is 11.3. The molecule has 0 aromatic carbocycles. The molecule has 0 bridgehead atoms. The average Bonchev–Trinajstić information content (AvgIpc) is 2.64. The molecule has 12 nitrogen and oxygen atoms in total. The molecule has 1 fully saturated rings. The Morgan fingerprint density at radius 2 is 1.12 bits per heavy atom. The number of hydrogen-bond acceptors (Lipinski definition) is 8. The monoisotopic (exact) mass is 482 g/mol. The van der Waals surface area contributed by atoms with Crippen molar-refractivity contribution >= 4 is 31.5 Å². The maximum atomic E-state index is 12.8. The molecule has 1 saturated heterocycles. The second kappa shape index (κ2) is 12.9. The van der Waals surface area contributed by atoms with E-state index in [0.29, 0.717) is 0 Å². The summed E-state index contributed by atoms with van der Waals surface area (Å²) in [7, 11) is -3.53. The minimum atomic E-state index is -3.53. The lowest BCUT2D eigenvalue weighted by molar-refractivity contribution is -0.180. The number of ether oxygens (including phenoxy) is 1. The molecule has 0 spiro atoms. The molecule has 0 radical (unpaired) electrons. The van der Waals surface area contributed by atoms with Gasteiger partial charge in [-0.2, -0.15) is 0 Å². The van der Waals surface area contributed by atoms with Crippen LogP contribution in [0.5, 0.6) is 0 Å². The lowest BCUT2D eigenvalue weighted by Gasteiger charge is -2.46. The van der Waals surface area contributed by atoms with Gasteiger partial charge in [-0.3, -0.25) is 23.7 Å². The fourth-order valence-electron chi connectivity index (χ4n) is 4.27. The zero-order chi connectivity index (χ0) is 24.5. The molecular weight excluding hydrogens is 451 g/mol. The Labute approximate surface area is 185 Å². The molecule has 0 aliphatic carbocycles. The maximum Gasteiger partial charge on any atom is 0.330 e. The van der Waals surface area contributed by atoms with E-state index in [1.807, 2.05) is 0 Å². The van der Waals surface area contributed by atoms with E-state index in [2.05, 4.69) is 0 Å². The van der Waals surface area contributed by atoms with Crippen LogP contribution in [0.3, 0.4) is 0 Å². The highest BCUT2D eigenvalue weighted by atomic mass is 31.2. The molecule has 0 saturated carbocycles. The Morgan fingerprint density at radius 1 is 0.719 bits per heavy atom. The Bertz CT molecular complexity index is 713. The summed E-state index contributed by atoms with van der Waals surface area (Å²) in [5.41, 5.74) is 0. The maximum absolute atomic E-state index is 12.8. The predicted molar refractivity (Wildman–Crippen MR) is 108 cm³/mol. The summed E-state index contributed by atoms with van der Waals surface area (Å²) < 4.78 is 29.1. The Morgan fingerprint density at radius 3 is 1.53 bits per heavy atom. The first kappa shape index (κ1) is 28.0. The van der Waals surface area contributed by atoms with Crippen LogP contribution in [0.2, 0.25) is 0 Å². The van der Waals surface area contributed by atoms with Crippen LogP contribution < -0.4 is 0 Å². The van der Waals surface area contributed by atoms with Crippen molar-refractivity contribution in [2.75, 3.05) is 19.4 Å². The number of carbonyl (C=O) groups is 4. The van der Waals surface area contributed by atoms with Crippen LogP contribution in [0.1, 0.15) is 46.0 Å². The van der Waals surface area contributed by atoms with Crippen molar-refractivity contribution in [3.63, 3.8) is 0 Å². The van der Waals surface area contributed by atoms with E-state index in [4.69, 9.17) is 13.8 Å². The summed E-state index contributed by atoms with van der Waals surface area (Å²) in [6.07, 6.45) is -4.55. The zero-order valence-electron chi connectivity index (χ0n) is 18.0. The topological polar surface area (TPSA) is 194 Å². The molecule has 1 heterocycles. The van der Waals surface area contributed by atoms with E-state index in [1.165, 1.54) is 0 Å². The lowest BCUT2D eigenvalue weighted by atomic mass is 9.68. The van der Waals surface area contributed by atoms with Crippen LogP contribution in [0.25, 0.3) is 0 Å². The molecule has 0 unspecified atom stereocenters. The van der Waals surface area contributed by atoms with Crippen molar-refractivity contribution in [1.29, 1.82) is 0 Å². The first-order valence-electron chi connectivity index (χ1n) is 10.3. The molecule has 13 heteroatoms. The van der Waals surface area contributed by atoms with Gasteiger partial charge in [0.2, 0.25) is 0 Å². The van der Waals surface area contributed by atoms with Crippen LogP contribution in [-0.2, 0) is 37.5 Å². The Balaban J connectivity index is 3.33. The normalized spacial score (nSPS) is 25.9. The van der Waals surface area contributed by atoms with Crippen molar-refractivity contribution in [2.45, 2.75) is 58.2 Å². The first-order valence-corrected chi connectivity index (χ1v) is 12.1. The average molecular weight is 482 g/mol. The number of hydrogen-bond donors (Lipinski definition) is 4. The minimum absolute atomic E-state index is 0.0404. The predicted octanol–water partition coefficient (Wildman–Crippen LogP) is 2.16. The molecule has 5 atom stereocenters. The Hall–Kier alpha value is -2.01. The minimum Gasteiger partial charge on any atom is -0.481 e. The third-order valence-corrected chi connectivity index (χ3v) is 7.46. The van der Waals surface area contributed by atoms with Crippen LogP contribution in [0, 0.1) is 17.8 Å². The summed E-state index contributed by atoms with van der Waals surface area (Å²) in [6, 6.07) is 0. The van der Waals surface area contributed by atoms with E-state index in [-0.39, 0.29) is 25.8 Å².